The van der Waals surface area contributed by atoms with E-state index >= 15 is 0 Å². The zero-order valence-electron chi connectivity index (χ0n) is 12.9. The van der Waals surface area contributed by atoms with E-state index in [1.54, 1.807) is 24.4 Å². The largest absolute Gasteiger partial charge is 0.376 e. The molecule has 2 aromatic heterocycles. The van der Waals surface area contributed by atoms with Crippen LogP contribution >= 0.6 is 23.1 Å². The highest BCUT2D eigenvalue weighted by molar-refractivity contribution is 7.98. The van der Waals surface area contributed by atoms with Crippen LogP contribution in [0.4, 0.5) is 0 Å². The molecule has 23 heavy (non-hydrogen) atoms. The number of ether oxygens (including phenoxy) is 1. The van der Waals surface area contributed by atoms with Crippen LogP contribution in [0, 0.1) is 6.92 Å². The SMILES string of the molecule is COC(CSCc1noc(-c2scnc2C)n1)c1ccccc1. The lowest BCUT2D eigenvalue weighted by molar-refractivity contribution is 0.123. The molecule has 0 aliphatic heterocycles. The average molecular weight is 347 g/mol. The summed E-state index contributed by atoms with van der Waals surface area (Å²) in [5, 5.41) is 4.04. The Hall–Kier alpha value is -1.70. The molecule has 1 unspecified atom stereocenters. The minimum Gasteiger partial charge on any atom is -0.376 e. The summed E-state index contributed by atoms with van der Waals surface area (Å²) in [5.74, 6) is 2.77. The Balaban J connectivity index is 1.57. The van der Waals surface area contributed by atoms with Gasteiger partial charge in [-0.1, -0.05) is 35.5 Å². The summed E-state index contributed by atoms with van der Waals surface area (Å²) in [6.45, 7) is 1.94. The number of thioether (sulfide) groups is 1. The molecule has 1 atom stereocenters. The van der Waals surface area contributed by atoms with Crippen molar-refractivity contribution in [3.63, 3.8) is 0 Å². The highest BCUT2D eigenvalue weighted by atomic mass is 32.2. The van der Waals surface area contributed by atoms with Gasteiger partial charge in [-0.2, -0.15) is 16.7 Å². The summed E-state index contributed by atoms with van der Waals surface area (Å²) in [5.41, 5.74) is 3.88. The minimum atomic E-state index is 0.0660. The van der Waals surface area contributed by atoms with Crippen molar-refractivity contribution in [1.29, 1.82) is 0 Å². The Morgan fingerprint density at radius 2 is 2.13 bits per heavy atom. The third-order valence-corrected chi connectivity index (χ3v) is 5.28. The van der Waals surface area contributed by atoms with Crippen LogP contribution in [-0.2, 0) is 10.5 Å². The van der Waals surface area contributed by atoms with E-state index in [2.05, 4.69) is 27.3 Å². The third-order valence-electron chi connectivity index (χ3n) is 3.36. The second-order valence-electron chi connectivity index (χ2n) is 4.93. The van der Waals surface area contributed by atoms with Crippen LogP contribution in [-0.4, -0.2) is 28.0 Å². The molecule has 0 spiro atoms. The van der Waals surface area contributed by atoms with E-state index in [4.69, 9.17) is 9.26 Å². The predicted molar refractivity (Wildman–Crippen MR) is 92.5 cm³/mol. The fraction of sp³-hybridized carbons (Fsp3) is 0.312. The van der Waals surface area contributed by atoms with E-state index in [1.165, 1.54) is 16.9 Å². The molecule has 0 N–H and O–H groups in total. The van der Waals surface area contributed by atoms with Crippen molar-refractivity contribution in [2.24, 2.45) is 0 Å². The van der Waals surface area contributed by atoms with Crippen LogP contribution in [0.25, 0.3) is 10.8 Å². The van der Waals surface area contributed by atoms with E-state index in [0.717, 1.165) is 16.3 Å². The van der Waals surface area contributed by atoms with Gasteiger partial charge in [0.1, 0.15) is 4.88 Å². The number of rotatable bonds is 7. The van der Waals surface area contributed by atoms with Crippen molar-refractivity contribution < 1.29 is 9.26 Å². The van der Waals surface area contributed by atoms with E-state index < -0.39 is 0 Å². The molecule has 0 amide bonds. The number of hydrogen-bond acceptors (Lipinski definition) is 7. The van der Waals surface area contributed by atoms with Crippen LogP contribution in [0.5, 0.6) is 0 Å². The van der Waals surface area contributed by atoms with Gasteiger partial charge in [0, 0.05) is 12.9 Å². The first-order chi connectivity index (χ1) is 11.3. The third kappa shape index (κ3) is 3.99. The summed E-state index contributed by atoms with van der Waals surface area (Å²) in [4.78, 5) is 9.58. The van der Waals surface area contributed by atoms with Crippen LogP contribution in [0.2, 0.25) is 0 Å². The molecule has 1 aromatic carbocycles. The maximum atomic E-state index is 5.56. The number of aromatic nitrogens is 3. The van der Waals surface area contributed by atoms with Crippen molar-refractivity contribution >= 4 is 23.1 Å². The molecule has 0 saturated carbocycles. The molecule has 2 heterocycles. The fourth-order valence-electron chi connectivity index (χ4n) is 2.14. The van der Waals surface area contributed by atoms with Crippen molar-refractivity contribution in [3.8, 4) is 10.8 Å². The van der Waals surface area contributed by atoms with Gasteiger partial charge < -0.3 is 9.26 Å². The van der Waals surface area contributed by atoms with Gasteiger partial charge in [0.05, 0.1) is 23.1 Å². The zero-order chi connectivity index (χ0) is 16.1. The number of methoxy groups -OCH3 is 1. The highest BCUT2D eigenvalue weighted by Crippen LogP contribution is 2.27. The Kier molecular flexibility index (Phi) is 5.43. The van der Waals surface area contributed by atoms with Crippen molar-refractivity contribution in [2.45, 2.75) is 18.8 Å². The maximum absolute atomic E-state index is 5.56. The lowest BCUT2D eigenvalue weighted by Crippen LogP contribution is -2.04. The van der Waals surface area contributed by atoms with Crippen LogP contribution in [0.1, 0.15) is 23.2 Å². The normalized spacial score (nSPS) is 12.4. The molecular formula is C16H17N3O2S2. The average Bonchev–Trinajstić information content (AvgIpc) is 3.21. The number of aryl methyl sites for hydroxylation is 1. The van der Waals surface area contributed by atoms with Crippen molar-refractivity contribution in [3.05, 3.63) is 52.9 Å². The van der Waals surface area contributed by atoms with Gasteiger partial charge in [0.15, 0.2) is 5.82 Å². The van der Waals surface area contributed by atoms with E-state index in [1.807, 2.05) is 25.1 Å². The number of thiazole rings is 1. The van der Waals surface area contributed by atoms with Gasteiger partial charge in [0.25, 0.3) is 5.89 Å². The van der Waals surface area contributed by atoms with Gasteiger partial charge in [0.2, 0.25) is 0 Å². The molecule has 120 valence electrons. The smallest absolute Gasteiger partial charge is 0.269 e. The Morgan fingerprint density at radius 3 is 2.83 bits per heavy atom. The topological polar surface area (TPSA) is 61.0 Å². The van der Waals surface area contributed by atoms with Crippen molar-refractivity contribution in [2.75, 3.05) is 12.9 Å². The van der Waals surface area contributed by atoms with Gasteiger partial charge in [-0.05, 0) is 12.5 Å². The van der Waals surface area contributed by atoms with Crippen LogP contribution in [0.15, 0.2) is 40.4 Å². The fourth-order valence-corrected chi connectivity index (χ4v) is 3.82. The zero-order valence-corrected chi connectivity index (χ0v) is 14.6. The van der Waals surface area contributed by atoms with Crippen LogP contribution < -0.4 is 0 Å². The van der Waals surface area contributed by atoms with Gasteiger partial charge in [-0.15, -0.1) is 11.3 Å². The second kappa shape index (κ2) is 7.72. The summed E-state index contributed by atoms with van der Waals surface area (Å²) in [6, 6.07) is 10.2. The quantitative estimate of drug-likeness (QED) is 0.640. The molecule has 0 aliphatic carbocycles. The van der Waals surface area contributed by atoms with Gasteiger partial charge in [-0.25, -0.2) is 4.98 Å². The molecule has 0 aliphatic rings. The molecule has 0 bridgehead atoms. The molecule has 0 fully saturated rings. The summed E-state index contributed by atoms with van der Waals surface area (Å²) in [6.07, 6.45) is 0.0660. The standard InChI is InChI=1S/C16H17N3O2S2/c1-11-15(23-10-17-11)16-18-14(19-21-16)9-22-8-13(20-2)12-6-4-3-5-7-12/h3-7,10,13H,8-9H2,1-2H3. The van der Waals surface area contributed by atoms with Gasteiger partial charge in [-0.3, -0.25) is 0 Å². The highest BCUT2D eigenvalue weighted by Gasteiger charge is 2.15. The van der Waals surface area contributed by atoms with Crippen molar-refractivity contribution in [1.82, 2.24) is 15.1 Å². The number of nitrogens with zero attached hydrogens (tertiary/aromatic N) is 3. The van der Waals surface area contributed by atoms with E-state index in [-0.39, 0.29) is 6.10 Å². The van der Waals surface area contributed by atoms with Gasteiger partial charge >= 0.3 is 0 Å². The van der Waals surface area contributed by atoms with E-state index in [9.17, 15) is 0 Å². The first-order valence-corrected chi connectivity index (χ1v) is 9.20. The molecule has 7 heteroatoms. The van der Waals surface area contributed by atoms with E-state index in [0.29, 0.717) is 17.5 Å². The molecular weight excluding hydrogens is 330 g/mol. The lowest BCUT2D eigenvalue weighted by Gasteiger charge is -2.14. The molecule has 3 aromatic rings. The number of benzene rings is 1. The number of hydrogen-bond donors (Lipinski definition) is 0. The lowest BCUT2D eigenvalue weighted by atomic mass is 10.1. The second-order valence-corrected chi connectivity index (χ2v) is 6.82. The summed E-state index contributed by atoms with van der Waals surface area (Å²) >= 11 is 3.24. The molecule has 0 radical (unpaired) electrons. The monoisotopic (exact) mass is 347 g/mol. The Labute approximate surface area is 143 Å². The summed E-state index contributed by atoms with van der Waals surface area (Å²) < 4.78 is 10.9. The Bertz CT molecular complexity index is 743. The minimum absolute atomic E-state index is 0.0660. The predicted octanol–water partition coefficient (Wildman–Crippen LogP) is 4.12. The Morgan fingerprint density at radius 1 is 1.30 bits per heavy atom. The maximum Gasteiger partial charge on any atom is 0.269 e. The molecule has 3 rings (SSSR count). The van der Waals surface area contributed by atoms with Crippen LogP contribution in [0.3, 0.4) is 0 Å². The first kappa shape index (κ1) is 16.2. The molecule has 0 saturated heterocycles. The first-order valence-electron chi connectivity index (χ1n) is 7.16. The molecule has 5 nitrogen and oxygen atoms in total. The summed E-state index contributed by atoms with van der Waals surface area (Å²) in [7, 11) is 1.73.